The van der Waals surface area contributed by atoms with Gasteiger partial charge in [-0.05, 0) is 39.0 Å². The Morgan fingerprint density at radius 1 is 1.41 bits per heavy atom. The van der Waals surface area contributed by atoms with Crippen LogP contribution in [0.2, 0.25) is 0 Å². The molecule has 2 bridgehead atoms. The zero-order chi connectivity index (χ0) is 12.3. The molecule has 0 radical (unpaired) electrons. The number of fused-ring (bicyclic) bond motifs is 2. The fourth-order valence-corrected chi connectivity index (χ4v) is 3.44. The van der Waals surface area contributed by atoms with Crippen molar-refractivity contribution >= 4 is 16.9 Å². The maximum Gasteiger partial charge on any atom is 0.183 e. The summed E-state index contributed by atoms with van der Waals surface area (Å²) in [6, 6.07) is 1.78. The zero-order valence-corrected chi connectivity index (χ0v) is 11.3. The minimum absolute atomic E-state index is 0.393. The van der Waals surface area contributed by atoms with Crippen LogP contribution in [-0.4, -0.2) is 41.5 Å². The normalized spacial score (nSPS) is 34.2. The van der Waals surface area contributed by atoms with E-state index in [1.165, 1.54) is 31.0 Å². The molecule has 0 aliphatic carbocycles. The Bertz CT molecular complexity index is 322. The Morgan fingerprint density at radius 3 is 2.59 bits per heavy atom. The van der Waals surface area contributed by atoms with Crippen molar-refractivity contribution in [2.75, 3.05) is 13.3 Å². The zero-order valence-electron chi connectivity index (χ0n) is 10.5. The summed E-state index contributed by atoms with van der Waals surface area (Å²) in [5.41, 5.74) is 0. The summed E-state index contributed by atoms with van der Waals surface area (Å²) in [7, 11) is 2.25. The Morgan fingerprint density at radius 2 is 2.06 bits per heavy atom. The van der Waals surface area contributed by atoms with Crippen LogP contribution >= 0.6 is 11.8 Å². The first kappa shape index (κ1) is 12.7. The summed E-state index contributed by atoms with van der Waals surface area (Å²) in [6.45, 7) is 0. The molecule has 2 heterocycles. The van der Waals surface area contributed by atoms with Crippen LogP contribution in [0.5, 0.6) is 0 Å². The van der Waals surface area contributed by atoms with Crippen LogP contribution in [-0.2, 0) is 0 Å². The van der Waals surface area contributed by atoms with E-state index < -0.39 is 0 Å². The Hall–Kier alpha value is -0.730. The summed E-state index contributed by atoms with van der Waals surface area (Å²) >= 11 is 1.52. The summed E-state index contributed by atoms with van der Waals surface area (Å²) in [5, 5.41) is 12.1. The van der Waals surface area contributed by atoms with E-state index in [1.54, 1.807) is 0 Å². The van der Waals surface area contributed by atoms with Gasteiger partial charge in [0.05, 0.1) is 6.04 Å². The predicted octanol–water partition coefficient (Wildman–Crippen LogP) is 1.79. The van der Waals surface area contributed by atoms with Crippen molar-refractivity contribution in [3.8, 4) is 6.19 Å². The highest BCUT2D eigenvalue weighted by atomic mass is 32.2. The molecule has 2 saturated heterocycles. The van der Waals surface area contributed by atoms with Gasteiger partial charge >= 0.3 is 0 Å². The summed E-state index contributed by atoms with van der Waals surface area (Å²) < 4.78 is 0. The molecule has 2 aliphatic rings. The molecule has 1 N–H and O–H groups in total. The van der Waals surface area contributed by atoms with Gasteiger partial charge in [-0.3, -0.25) is 10.3 Å². The molecule has 4 nitrogen and oxygen atoms in total. The SMILES string of the molecule is CSC(=NC1CC2CCCC(C1)N2C)NC#N. The number of nitrogens with zero attached hydrogens (tertiary/aromatic N) is 3. The van der Waals surface area contributed by atoms with E-state index in [4.69, 9.17) is 5.26 Å². The topological polar surface area (TPSA) is 51.4 Å². The van der Waals surface area contributed by atoms with Gasteiger partial charge in [0.1, 0.15) is 0 Å². The molecule has 2 atom stereocenters. The lowest BCUT2D eigenvalue weighted by molar-refractivity contribution is 0.0575. The quantitative estimate of drug-likeness (QED) is 0.334. The smallest absolute Gasteiger partial charge is 0.183 e. The Labute approximate surface area is 107 Å². The molecular weight excluding hydrogens is 232 g/mol. The van der Waals surface area contributed by atoms with Crippen molar-refractivity contribution in [3.63, 3.8) is 0 Å². The first-order chi connectivity index (χ1) is 8.24. The van der Waals surface area contributed by atoms with Gasteiger partial charge in [0.25, 0.3) is 0 Å². The summed E-state index contributed by atoms with van der Waals surface area (Å²) in [4.78, 5) is 7.21. The van der Waals surface area contributed by atoms with Gasteiger partial charge < -0.3 is 4.90 Å². The first-order valence-electron chi connectivity index (χ1n) is 6.23. The van der Waals surface area contributed by atoms with Gasteiger partial charge in [-0.2, -0.15) is 5.26 Å². The highest BCUT2D eigenvalue weighted by molar-refractivity contribution is 8.13. The minimum atomic E-state index is 0.393. The lowest BCUT2D eigenvalue weighted by Crippen LogP contribution is -2.51. The van der Waals surface area contributed by atoms with E-state index in [0.717, 1.165) is 18.0 Å². The average molecular weight is 252 g/mol. The number of hydrogen-bond donors (Lipinski definition) is 1. The summed E-state index contributed by atoms with van der Waals surface area (Å²) in [5.74, 6) is 0. The Balaban J connectivity index is 2.02. The molecule has 0 aromatic heterocycles. The third-order valence-electron chi connectivity index (χ3n) is 3.97. The van der Waals surface area contributed by atoms with Crippen LogP contribution in [0.4, 0.5) is 0 Å². The second-order valence-corrected chi connectivity index (χ2v) is 5.70. The standard InChI is InChI=1S/C12H20N4S/c1-16-10-4-3-5-11(16)7-9(6-10)15-12(17-2)14-8-13/h9-11H,3-7H2,1-2H3,(H,14,15). The number of aliphatic imine (C=N–C) groups is 1. The third kappa shape index (κ3) is 2.93. The van der Waals surface area contributed by atoms with E-state index in [0.29, 0.717) is 18.1 Å². The van der Waals surface area contributed by atoms with E-state index in [1.807, 2.05) is 12.4 Å². The molecule has 2 aliphatic heterocycles. The van der Waals surface area contributed by atoms with Crippen molar-refractivity contribution in [1.29, 1.82) is 5.26 Å². The monoisotopic (exact) mass is 252 g/mol. The van der Waals surface area contributed by atoms with Crippen LogP contribution in [0.25, 0.3) is 0 Å². The van der Waals surface area contributed by atoms with Crippen LogP contribution in [0.1, 0.15) is 32.1 Å². The molecule has 0 amide bonds. The molecule has 0 aromatic rings. The van der Waals surface area contributed by atoms with Crippen molar-refractivity contribution < 1.29 is 0 Å². The molecule has 5 heteroatoms. The molecule has 2 fully saturated rings. The van der Waals surface area contributed by atoms with Crippen molar-refractivity contribution in [2.24, 2.45) is 4.99 Å². The highest BCUT2D eigenvalue weighted by Gasteiger charge is 2.35. The van der Waals surface area contributed by atoms with Gasteiger partial charge in [0, 0.05) is 12.1 Å². The van der Waals surface area contributed by atoms with Crippen LogP contribution in [0.3, 0.4) is 0 Å². The second kappa shape index (κ2) is 5.74. The van der Waals surface area contributed by atoms with E-state index in [-0.39, 0.29) is 0 Å². The van der Waals surface area contributed by atoms with Crippen molar-refractivity contribution in [1.82, 2.24) is 10.2 Å². The van der Waals surface area contributed by atoms with E-state index >= 15 is 0 Å². The van der Waals surface area contributed by atoms with Crippen LogP contribution in [0, 0.1) is 11.5 Å². The first-order valence-corrected chi connectivity index (χ1v) is 7.46. The average Bonchev–Trinajstić information content (AvgIpc) is 2.29. The molecule has 94 valence electrons. The number of piperidine rings is 2. The maximum atomic E-state index is 8.64. The number of hydrogen-bond acceptors (Lipinski definition) is 4. The fourth-order valence-electron chi connectivity index (χ4n) is 3.04. The predicted molar refractivity (Wildman–Crippen MR) is 71.9 cm³/mol. The van der Waals surface area contributed by atoms with Gasteiger partial charge in [0.2, 0.25) is 0 Å². The van der Waals surface area contributed by atoms with Crippen molar-refractivity contribution in [3.05, 3.63) is 0 Å². The molecule has 2 rings (SSSR count). The molecule has 0 spiro atoms. The molecule has 2 unspecified atom stereocenters. The molecule has 0 aromatic carbocycles. The van der Waals surface area contributed by atoms with E-state index in [2.05, 4.69) is 22.3 Å². The lowest BCUT2D eigenvalue weighted by atomic mass is 9.82. The number of nitriles is 1. The third-order valence-corrected chi connectivity index (χ3v) is 4.57. The van der Waals surface area contributed by atoms with Crippen LogP contribution in [0.15, 0.2) is 4.99 Å². The number of thioether (sulfide) groups is 1. The lowest BCUT2D eigenvalue weighted by Gasteiger charge is -2.46. The van der Waals surface area contributed by atoms with Crippen molar-refractivity contribution in [2.45, 2.75) is 50.2 Å². The van der Waals surface area contributed by atoms with E-state index in [9.17, 15) is 0 Å². The fraction of sp³-hybridized carbons (Fsp3) is 0.833. The minimum Gasteiger partial charge on any atom is -0.300 e. The van der Waals surface area contributed by atoms with Crippen LogP contribution < -0.4 is 5.32 Å². The number of nitrogens with one attached hydrogen (secondary N) is 1. The van der Waals surface area contributed by atoms with Gasteiger partial charge in [-0.1, -0.05) is 18.2 Å². The largest absolute Gasteiger partial charge is 0.300 e. The number of rotatable bonds is 1. The highest BCUT2D eigenvalue weighted by Crippen LogP contribution is 2.34. The molecule has 17 heavy (non-hydrogen) atoms. The van der Waals surface area contributed by atoms with Gasteiger partial charge in [0.15, 0.2) is 11.4 Å². The second-order valence-electron chi connectivity index (χ2n) is 4.90. The molecule has 0 saturated carbocycles. The van der Waals surface area contributed by atoms with Gasteiger partial charge in [-0.25, -0.2) is 0 Å². The summed E-state index contributed by atoms with van der Waals surface area (Å²) in [6.07, 6.45) is 10.2. The Kier molecular flexibility index (Phi) is 4.30. The van der Waals surface area contributed by atoms with Gasteiger partial charge in [-0.15, -0.1) is 0 Å². The number of amidine groups is 1. The maximum absolute atomic E-state index is 8.64. The molecular formula is C12H20N4S.